The van der Waals surface area contributed by atoms with Gasteiger partial charge in [-0.15, -0.1) is 0 Å². The molecule has 0 aromatic rings. The van der Waals surface area contributed by atoms with Crippen molar-refractivity contribution in [2.24, 2.45) is 0 Å². The Bertz CT molecular complexity index is 235. The topological polar surface area (TPSA) is 108 Å². The number of nitrogens with one attached hydrogen (secondary N) is 2. The predicted octanol–water partition coefficient (Wildman–Crippen LogP) is -0.452. The molecule has 4 N–H and O–H groups in total. The number of urea groups is 1. The first-order valence-corrected chi connectivity index (χ1v) is 5.58. The molecule has 1 atom stereocenters. The van der Waals surface area contributed by atoms with Gasteiger partial charge in [0.1, 0.15) is 0 Å². The zero-order chi connectivity index (χ0) is 13.1. The minimum absolute atomic E-state index is 0.312. The minimum atomic E-state index is -1.58. The molecule has 0 aliphatic rings. The number of amides is 2. The molecular weight excluding hydrogens is 228 g/mol. The van der Waals surface area contributed by atoms with E-state index in [1.807, 2.05) is 6.92 Å². The molecular formula is C10H20N2O5. The van der Waals surface area contributed by atoms with Crippen LogP contribution in [0.4, 0.5) is 4.79 Å². The summed E-state index contributed by atoms with van der Waals surface area (Å²) in [4.78, 5) is 21.3. The molecule has 0 heterocycles. The fourth-order valence-electron chi connectivity index (χ4n) is 0.962. The first-order valence-electron chi connectivity index (χ1n) is 5.58. The molecule has 0 saturated heterocycles. The van der Waals surface area contributed by atoms with E-state index in [2.05, 4.69) is 10.6 Å². The van der Waals surface area contributed by atoms with E-state index in [0.29, 0.717) is 26.2 Å². The van der Waals surface area contributed by atoms with Crippen molar-refractivity contribution in [2.45, 2.75) is 25.9 Å². The summed E-state index contributed by atoms with van der Waals surface area (Å²) in [6.07, 6.45) is 0.0734. The lowest BCUT2D eigenvalue weighted by Gasteiger charge is -2.09. The Morgan fingerprint density at radius 1 is 1.29 bits per heavy atom. The predicted molar refractivity (Wildman–Crippen MR) is 60.8 cm³/mol. The molecule has 0 spiro atoms. The van der Waals surface area contributed by atoms with Gasteiger partial charge < -0.3 is 25.6 Å². The maximum atomic E-state index is 11.1. The van der Waals surface area contributed by atoms with Crippen LogP contribution in [0.3, 0.4) is 0 Å². The van der Waals surface area contributed by atoms with Crippen molar-refractivity contribution in [1.82, 2.24) is 10.6 Å². The number of ether oxygens (including phenoxy) is 1. The molecule has 0 unspecified atom stereocenters. The van der Waals surface area contributed by atoms with Gasteiger partial charge in [-0.25, -0.2) is 9.59 Å². The van der Waals surface area contributed by atoms with Crippen molar-refractivity contribution in [3.63, 3.8) is 0 Å². The lowest BCUT2D eigenvalue weighted by atomic mass is 10.3. The van der Waals surface area contributed by atoms with E-state index in [0.717, 1.165) is 6.42 Å². The lowest BCUT2D eigenvalue weighted by molar-refractivity contribution is -0.146. The molecule has 7 heteroatoms. The van der Waals surface area contributed by atoms with Crippen LogP contribution in [-0.4, -0.2) is 54.6 Å². The van der Waals surface area contributed by atoms with Crippen molar-refractivity contribution >= 4 is 12.0 Å². The van der Waals surface area contributed by atoms with Gasteiger partial charge in [0.25, 0.3) is 0 Å². The van der Waals surface area contributed by atoms with Gasteiger partial charge >= 0.3 is 12.0 Å². The highest BCUT2D eigenvalue weighted by atomic mass is 16.5. The zero-order valence-electron chi connectivity index (χ0n) is 9.94. The zero-order valence-corrected chi connectivity index (χ0v) is 9.94. The Morgan fingerprint density at radius 3 is 2.59 bits per heavy atom. The van der Waals surface area contributed by atoms with Crippen molar-refractivity contribution in [3.05, 3.63) is 0 Å². The Morgan fingerprint density at radius 2 is 2.00 bits per heavy atom. The summed E-state index contributed by atoms with van der Waals surface area (Å²) in [5, 5.41) is 22.0. The van der Waals surface area contributed by atoms with Gasteiger partial charge in [0.2, 0.25) is 0 Å². The van der Waals surface area contributed by atoms with Crippen LogP contribution in [0, 0.1) is 0 Å². The fraction of sp³-hybridized carbons (Fsp3) is 0.800. The number of hydrogen-bond acceptors (Lipinski definition) is 4. The Balaban J connectivity index is 3.38. The third-order valence-electron chi connectivity index (χ3n) is 1.84. The van der Waals surface area contributed by atoms with Gasteiger partial charge in [-0.1, -0.05) is 6.92 Å². The summed E-state index contributed by atoms with van der Waals surface area (Å²) < 4.78 is 5.20. The first kappa shape index (κ1) is 15.7. The average Bonchev–Trinajstić information content (AvgIpc) is 2.30. The van der Waals surface area contributed by atoms with Gasteiger partial charge in [0, 0.05) is 19.8 Å². The second-order valence-electron chi connectivity index (χ2n) is 3.46. The molecule has 0 saturated carbocycles. The molecule has 0 aromatic heterocycles. The van der Waals surface area contributed by atoms with Crippen LogP contribution in [0.5, 0.6) is 0 Å². The molecule has 7 nitrogen and oxygen atoms in total. The maximum absolute atomic E-state index is 11.1. The highest BCUT2D eigenvalue weighted by molar-refractivity contribution is 5.76. The first-order chi connectivity index (χ1) is 8.07. The SMILES string of the molecule is CCCOCCCNC(=O)NC[C@H](O)C(=O)O. The minimum Gasteiger partial charge on any atom is -0.479 e. The highest BCUT2D eigenvalue weighted by Crippen LogP contribution is 1.84. The number of aliphatic hydroxyl groups is 1. The fourth-order valence-corrected chi connectivity index (χ4v) is 0.962. The molecule has 0 radical (unpaired) electrons. The van der Waals surface area contributed by atoms with E-state index >= 15 is 0 Å². The normalized spacial score (nSPS) is 11.9. The summed E-state index contributed by atoms with van der Waals surface area (Å²) in [6, 6.07) is -0.499. The van der Waals surface area contributed by atoms with Crippen LogP contribution in [0.25, 0.3) is 0 Å². The highest BCUT2D eigenvalue weighted by Gasteiger charge is 2.13. The van der Waals surface area contributed by atoms with Crippen LogP contribution in [0.2, 0.25) is 0 Å². The Labute approximate surface area is 100 Å². The Hall–Kier alpha value is -1.34. The summed E-state index contributed by atoms with van der Waals surface area (Å²) in [7, 11) is 0. The number of carboxylic acids is 1. The van der Waals surface area contributed by atoms with Crippen LogP contribution in [0.1, 0.15) is 19.8 Å². The monoisotopic (exact) mass is 248 g/mol. The molecule has 0 aliphatic heterocycles. The standard InChI is InChI=1S/C10H20N2O5/c1-2-5-17-6-3-4-11-10(16)12-7-8(13)9(14)15/h8,13H,2-7H2,1H3,(H,14,15)(H2,11,12,16)/t8-/m0/s1. The number of hydrogen-bond donors (Lipinski definition) is 4. The molecule has 0 rings (SSSR count). The van der Waals surface area contributed by atoms with Crippen LogP contribution >= 0.6 is 0 Å². The molecule has 0 fully saturated rings. The summed E-state index contributed by atoms with van der Waals surface area (Å²) in [5.74, 6) is -1.36. The second-order valence-corrected chi connectivity index (χ2v) is 3.46. The van der Waals surface area contributed by atoms with Gasteiger partial charge in [0.15, 0.2) is 6.10 Å². The lowest BCUT2D eigenvalue weighted by Crippen LogP contribution is -2.42. The van der Waals surface area contributed by atoms with E-state index in [-0.39, 0.29) is 6.54 Å². The molecule has 2 amide bonds. The van der Waals surface area contributed by atoms with Gasteiger partial charge in [-0.3, -0.25) is 0 Å². The van der Waals surface area contributed by atoms with E-state index in [1.54, 1.807) is 0 Å². The summed E-state index contributed by atoms with van der Waals surface area (Å²) in [5.41, 5.74) is 0. The van der Waals surface area contributed by atoms with Crippen molar-refractivity contribution < 1.29 is 24.5 Å². The number of aliphatic hydroxyl groups excluding tert-OH is 1. The quantitative estimate of drug-likeness (QED) is 0.413. The largest absolute Gasteiger partial charge is 0.479 e. The third kappa shape index (κ3) is 9.58. The third-order valence-corrected chi connectivity index (χ3v) is 1.84. The average molecular weight is 248 g/mol. The van der Waals surface area contributed by atoms with Gasteiger partial charge in [-0.2, -0.15) is 0 Å². The van der Waals surface area contributed by atoms with Crippen molar-refractivity contribution in [2.75, 3.05) is 26.3 Å². The molecule has 100 valence electrons. The summed E-state index contributed by atoms with van der Waals surface area (Å²) in [6.45, 7) is 3.43. The number of rotatable bonds is 9. The van der Waals surface area contributed by atoms with E-state index in [9.17, 15) is 9.59 Å². The van der Waals surface area contributed by atoms with E-state index in [1.165, 1.54) is 0 Å². The van der Waals surface area contributed by atoms with Crippen molar-refractivity contribution in [1.29, 1.82) is 0 Å². The van der Waals surface area contributed by atoms with Crippen LogP contribution < -0.4 is 10.6 Å². The Kier molecular flexibility index (Phi) is 9.08. The smallest absolute Gasteiger partial charge is 0.334 e. The molecule has 0 bridgehead atoms. The van der Waals surface area contributed by atoms with E-state index < -0.39 is 18.1 Å². The molecule has 0 aliphatic carbocycles. The number of carbonyl (C=O) groups is 2. The second kappa shape index (κ2) is 9.86. The molecule has 0 aromatic carbocycles. The van der Waals surface area contributed by atoms with Crippen LogP contribution in [0.15, 0.2) is 0 Å². The number of carboxylic acid groups (broad SMARTS) is 1. The number of carbonyl (C=O) groups excluding carboxylic acids is 1. The van der Waals surface area contributed by atoms with E-state index in [4.69, 9.17) is 14.9 Å². The number of aliphatic carboxylic acids is 1. The van der Waals surface area contributed by atoms with Crippen molar-refractivity contribution in [3.8, 4) is 0 Å². The summed E-state index contributed by atoms with van der Waals surface area (Å²) >= 11 is 0. The van der Waals surface area contributed by atoms with Gasteiger partial charge in [-0.05, 0) is 12.8 Å². The maximum Gasteiger partial charge on any atom is 0.334 e. The van der Waals surface area contributed by atoms with Crippen LogP contribution in [-0.2, 0) is 9.53 Å². The molecule has 17 heavy (non-hydrogen) atoms. The van der Waals surface area contributed by atoms with Gasteiger partial charge in [0.05, 0.1) is 6.54 Å².